The zero-order valence-corrected chi connectivity index (χ0v) is 22.4. The first kappa shape index (κ1) is 29.0. The molecular weight excluding hydrogens is 552 g/mol. The van der Waals surface area contributed by atoms with Crippen LogP contribution in [-0.2, 0) is 0 Å². The lowest BCUT2D eigenvalue weighted by Crippen LogP contribution is -2.47. The van der Waals surface area contributed by atoms with Crippen molar-refractivity contribution in [2.24, 2.45) is 11.7 Å². The van der Waals surface area contributed by atoms with Crippen LogP contribution in [0.15, 0.2) is 49.1 Å². The van der Waals surface area contributed by atoms with E-state index in [2.05, 4.69) is 37.2 Å². The van der Waals surface area contributed by atoms with Crippen molar-refractivity contribution < 1.29 is 22.3 Å². The molecule has 1 aliphatic rings. The topological polar surface area (TPSA) is 107 Å². The number of hydrogen-bond acceptors (Lipinski definition) is 8. The predicted octanol–water partition coefficient (Wildman–Crippen LogP) is 5.42. The third kappa shape index (κ3) is 5.94. The first-order chi connectivity index (χ1) is 18.7. The van der Waals surface area contributed by atoms with Crippen molar-refractivity contribution in [3.8, 4) is 28.3 Å². The Kier molecular flexibility index (Phi) is 8.74. The van der Waals surface area contributed by atoms with Crippen molar-refractivity contribution in [1.82, 2.24) is 24.7 Å². The molecule has 5 rings (SSSR count). The van der Waals surface area contributed by atoms with Gasteiger partial charge in [0.25, 0.3) is 0 Å². The molecule has 3 N–H and O–H groups in total. The van der Waals surface area contributed by atoms with E-state index in [-0.39, 0.29) is 35.6 Å². The van der Waals surface area contributed by atoms with Gasteiger partial charge in [0.2, 0.25) is 0 Å². The lowest BCUT2D eigenvalue weighted by atomic mass is 9.93. The second-order valence-corrected chi connectivity index (χ2v) is 9.30. The molecule has 9 nitrogen and oxygen atoms in total. The van der Waals surface area contributed by atoms with Crippen molar-refractivity contribution in [3.63, 3.8) is 0 Å². The summed E-state index contributed by atoms with van der Waals surface area (Å²) < 4.78 is 60.4. The van der Waals surface area contributed by atoms with Gasteiger partial charge in [0.05, 0.1) is 18.9 Å². The largest absolute Gasteiger partial charge is 0.496 e. The van der Waals surface area contributed by atoms with Crippen LogP contribution in [0.5, 0.6) is 5.75 Å². The maximum atomic E-state index is 14.6. The van der Waals surface area contributed by atoms with Crippen LogP contribution in [-0.4, -0.2) is 51.0 Å². The maximum Gasteiger partial charge on any atom is 0.333 e. The van der Waals surface area contributed by atoms with E-state index >= 15 is 0 Å². The van der Waals surface area contributed by atoms with E-state index in [1.165, 1.54) is 25.7 Å². The molecule has 1 saturated heterocycles. The Morgan fingerprint density at radius 2 is 1.93 bits per heavy atom. The van der Waals surface area contributed by atoms with Crippen LogP contribution in [0.2, 0.25) is 0 Å². The minimum atomic E-state index is -2.77. The van der Waals surface area contributed by atoms with E-state index in [4.69, 9.17) is 10.5 Å². The van der Waals surface area contributed by atoms with Crippen LogP contribution < -0.4 is 20.7 Å². The summed E-state index contributed by atoms with van der Waals surface area (Å²) in [7, 11) is 1.30. The number of pyridine rings is 1. The average Bonchev–Trinajstić information content (AvgIpc) is 3.40. The number of anilines is 3. The highest BCUT2D eigenvalue weighted by Gasteiger charge is 2.26. The fourth-order valence-corrected chi connectivity index (χ4v) is 4.51. The highest BCUT2D eigenvalue weighted by Crippen LogP contribution is 2.36. The minimum absolute atomic E-state index is 0. The molecule has 0 spiro atoms. The molecule has 0 radical (unpaired) electrons. The number of benzene rings is 1. The standard InChI is InChI=1S/C26H26F4N8O.ClH/c1-14-4-6-37(13-19(14)31)20-9-23(33-11-17(20)15-10-34-38(12-15)26(29)30)35-22-3-5-32-25(36-22)24-18(28)7-16(27)8-21(24)39-2;/h3,5,7-12,14,19,26H,4,6,13,31H2,1-2H3,(H,32,33,35,36);1H/t14-,19-;/m1./s1. The Morgan fingerprint density at radius 1 is 1.12 bits per heavy atom. The molecule has 3 aromatic heterocycles. The van der Waals surface area contributed by atoms with Gasteiger partial charge in [-0.25, -0.2) is 28.4 Å². The molecule has 212 valence electrons. The monoisotopic (exact) mass is 578 g/mol. The van der Waals surface area contributed by atoms with Gasteiger partial charge in [0.15, 0.2) is 5.82 Å². The highest BCUT2D eigenvalue weighted by molar-refractivity contribution is 5.85. The number of nitrogens with zero attached hydrogens (tertiary/aromatic N) is 6. The van der Waals surface area contributed by atoms with Crippen molar-refractivity contribution in [2.75, 3.05) is 30.4 Å². The van der Waals surface area contributed by atoms with E-state index < -0.39 is 18.2 Å². The Labute approximate surface area is 233 Å². The van der Waals surface area contributed by atoms with Crippen LogP contribution in [0.3, 0.4) is 0 Å². The lowest BCUT2D eigenvalue weighted by molar-refractivity contribution is 0.0566. The molecule has 0 saturated carbocycles. The van der Waals surface area contributed by atoms with Crippen LogP contribution in [0.25, 0.3) is 22.5 Å². The Hall–Kier alpha value is -3.97. The van der Waals surface area contributed by atoms with E-state index in [1.54, 1.807) is 18.3 Å². The van der Waals surface area contributed by atoms with Crippen molar-refractivity contribution >= 4 is 29.7 Å². The summed E-state index contributed by atoms with van der Waals surface area (Å²) in [6.45, 7) is 0.620. The quantitative estimate of drug-likeness (QED) is 0.280. The van der Waals surface area contributed by atoms with Gasteiger partial charge in [-0.05, 0) is 18.4 Å². The molecule has 1 aromatic carbocycles. The number of aromatic nitrogens is 5. The summed E-state index contributed by atoms with van der Waals surface area (Å²) in [6.07, 6.45) is 6.49. The Morgan fingerprint density at radius 3 is 2.62 bits per heavy atom. The van der Waals surface area contributed by atoms with Gasteiger partial charge in [0, 0.05) is 72.7 Å². The fraction of sp³-hybridized carbons (Fsp3) is 0.308. The van der Waals surface area contributed by atoms with Crippen LogP contribution in [0, 0.1) is 17.6 Å². The molecule has 14 heteroatoms. The third-order valence-corrected chi connectivity index (χ3v) is 6.73. The number of rotatable bonds is 7. The molecule has 1 fully saturated rings. The zero-order valence-electron chi connectivity index (χ0n) is 21.6. The SMILES string of the molecule is COc1cc(F)cc(F)c1-c1nccc(Nc2cc(N3CC[C@@H](C)[C@H](N)C3)c(-c3cnn(C(F)F)c3)cn2)n1.Cl. The number of nitrogens with one attached hydrogen (secondary N) is 1. The Balaban J connectivity index is 0.00000370. The molecule has 2 atom stereocenters. The normalized spacial score (nSPS) is 17.1. The number of methoxy groups -OCH3 is 1. The second-order valence-electron chi connectivity index (χ2n) is 9.30. The molecule has 4 heterocycles. The van der Waals surface area contributed by atoms with Gasteiger partial charge < -0.3 is 20.7 Å². The molecule has 0 unspecified atom stereocenters. The van der Waals surface area contributed by atoms with Crippen LogP contribution in [0.4, 0.5) is 34.9 Å². The number of ether oxygens (including phenoxy) is 1. The smallest absolute Gasteiger partial charge is 0.333 e. The first-order valence-electron chi connectivity index (χ1n) is 12.2. The average molecular weight is 579 g/mol. The van der Waals surface area contributed by atoms with E-state index in [9.17, 15) is 17.6 Å². The van der Waals surface area contributed by atoms with Gasteiger partial charge in [-0.2, -0.15) is 13.9 Å². The van der Waals surface area contributed by atoms with E-state index in [1.807, 2.05) is 0 Å². The molecule has 0 aliphatic carbocycles. The molecule has 40 heavy (non-hydrogen) atoms. The summed E-state index contributed by atoms with van der Waals surface area (Å²) >= 11 is 0. The number of alkyl halides is 2. The number of hydrogen-bond donors (Lipinski definition) is 2. The summed E-state index contributed by atoms with van der Waals surface area (Å²) in [4.78, 5) is 15.0. The molecule has 0 amide bonds. The van der Waals surface area contributed by atoms with Gasteiger partial charge >= 0.3 is 6.55 Å². The third-order valence-electron chi connectivity index (χ3n) is 6.73. The van der Waals surface area contributed by atoms with Crippen molar-refractivity contribution in [2.45, 2.75) is 25.9 Å². The van der Waals surface area contributed by atoms with Gasteiger partial charge in [-0.3, -0.25) is 0 Å². The second kappa shape index (κ2) is 12.0. The Bertz CT molecular complexity index is 1490. The molecular formula is C26H27ClF4N8O. The summed E-state index contributed by atoms with van der Waals surface area (Å²) in [5, 5.41) is 6.85. The van der Waals surface area contributed by atoms with E-state index in [0.29, 0.717) is 39.9 Å². The highest BCUT2D eigenvalue weighted by atomic mass is 35.5. The van der Waals surface area contributed by atoms with E-state index in [0.717, 1.165) is 30.8 Å². The minimum Gasteiger partial charge on any atom is -0.496 e. The van der Waals surface area contributed by atoms with Gasteiger partial charge in [0.1, 0.15) is 29.0 Å². The fourth-order valence-electron chi connectivity index (χ4n) is 4.51. The zero-order chi connectivity index (χ0) is 27.7. The van der Waals surface area contributed by atoms with Gasteiger partial charge in [-0.1, -0.05) is 6.92 Å². The lowest BCUT2D eigenvalue weighted by Gasteiger charge is -2.37. The number of piperidine rings is 1. The molecule has 0 bridgehead atoms. The van der Waals surface area contributed by atoms with Crippen molar-refractivity contribution in [1.29, 1.82) is 0 Å². The molecule has 4 aromatic rings. The predicted molar refractivity (Wildman–Crippen MR) is 145 cm³/mol. The summed E-state index contributed by atoms with van der Waals surface area (Å²) in [5.74, 6) is -0.672. The summed E-state index contributed by atoms with van der Waals surface area (Å²) in [5.41, 5.74) is 8.11. The number of halogens is 5. The van der Waals surface area contributed by atoms with Crippen molar-refractivity contribution in [3.05, 3.63) is 60.7 Å². The van der Waals surface area contributed by atoms with Crippen LogP contribution >= 0.6 is 12.4 Å². The van der Waals surface area contributed by atoms with Crippen LogP contribution in [0.1, 0.15) is 19.9 Å². The maximum absolute atomic E-state index is 14.6. The summed E-state index contributed by atoms with van der Waals surface area (Å²) in [6, 6.07) is 5.06. The molecule has 1 aliphatic heterocycles. The number of nitrogens with two attached hydrogens (primary N) is 1. The first-order valence-corrected chi connectivity index (χ1v) is 12.2. The van der Waals surface area contributed by atoms with Gasteiger partial charge in [-0.15, -0.1) is 12.4 Å².